The number of hydrogen-bond acceptors (Lipinski definition) is 9. The first-order valence-electron chi connectivity index (χ1n) is 11.7. The molecule has 1 aliphatic rings. The largest absolute Gasteiger partial charge is 0.394 e. The van der Waals surface area contributed by atoms with E-state index >= 15 is 0 Å². The number of hydrogen-bond donors (Lipinski definition) is 3. The van der Waals surface area contributed by atoms with Crippen LogP contribution in [0.2, 0.25) is 0 Å². The first-order valence-corrected chi connectivity index (χ1v) is 11.7. The molecule has 0 aliphatic carbocycles. The molecule has 1 saturated heterocycles. The number of benzene rings is 2. The lowest BCUT2D eigenvalue weighted by molar-refractivity contribution is -0.196. The third-order valence-corrected chi connectivity index (χ3v) is 6.36. The molecule has 1 amide bonds. The summed E-state index contributed by atoms with van der Waals surface area (Å²) < 4.78 is 19.3. The summed E-state index contributed by atoms with van der Waals surface area (Å²) in [5.74, 6) is -0.115. The number of anilines is 1. The Morgan fingerprint density at radius 2 is 1.84 bits per heavy atom. The summed E-state index contributed by atoms with van der Waals surface area (Å²) in [6.45, 7) is 1.46. The molecule has 11 heteroatoms. The van der Waals surface area contributed by atoms with E-state index in [2.05, 4.69) is 20.3 Å². The predicted octanol–water partition coefficient (Wildman–Crippen LogP) is 2.28. The Bertz CT molecular complexity index is 1350. The van der Waals surface area contributed by atoms with E-state index in [4.69, 9.17) is 14.2 Å². The van der Waals surface area contributed by atoms with Crippen LogP contribution >= 0.6 is 0 Å². The molecule has 2 aromatic heterocycles. The van der Waals surface area contributed by atoms with E-state index in [0.29, 0.717) is 23.3 Å². The number of fused-ring (bicyclic) bond motifs is 1. The molecule has 1 fully saturated rings. The second-order valence-corrected chi connectivity index (χ2v) is 8.80. The van der Waals surface area contributed by atoms with Crippen LogP contribution in [0.3, 0.4) is 0 Å². The van der Waals surface area contributed by atoms with Crippen molar-refractivity contribution in [3.05, 3.63) is 84.4 Å². The molecule has 0 radical (unpaired) electrons. The molecule has 37 heavy (non-hydrogen) atoms. The van der Waals surface area contributed by atoms with Crippen LogP contribution in [0.1, 0.15) is 29.1 Å². The average Bonchev–Trinajstić information content (AvgIpc) is 3.47. The van der Waals surface area contributed by atoms with Gasteiger partial charge < -0.3 is 29.7 Å². The van der Waals surface area contributed by atoms with Gasteiger partial charge in [-0.05, 0) is 24.6 Å². The molecule has 5 rings (SSSR count). The van der Waals surface area contributed by atoms with E-state index in [1.807, 2.05) is 36.4 Å². The number of carbonyl (C=O) groups excluding carboxylic acids is 1. The predicted molar refractivity (Wildman–Crippen MR) is 132 cm³/mol. The van der Waals surface area contributed by atoms with E-state index in [9.17, 15) is 15.0 Å². The van der Waals surface area contributed by atoms with Gasteiger partial charge in [-0.2, -0.15) is 0 Å². The number of aliphatic hydroxyl groups excluding tert-OH is 2. The molecule has 3 N–H and O–H groups in total. The summed E-state index contributed by atoms with van der Waals surface area (Å²) in [6.07, 6.45) is -0.198. The Hall–Kier alpha value is -3.74. The SMILES string of the molecule is C[C@]1(OCOCc2ccccc2)C(O)[C@@H](CO)O[C@H]1n1cnc2c(NC(=O)c3ccccc3)ncnc21. The minimum atomic E-state index is -1.31. The molecule has 0 saturated carbocycles. The number of amides is 1. The standard InChI is InChI=1S/C26H27N5O6/c1-26(36-16-35-13-17-8-4-2-5-9-17)21(33)19(12-32)37-25(26)31-15-29-20-22(27-14-28-23(20)31)30-24(34)18-10-6-3-7-11-18/h2-11,14-15,19,21,25,32-33H,12-13,16H2,1H3,(H,27,28,30,34)/t19-,21?,25-,26+/m1/s1. The van der Waals surface area contributed by atoms with E-state index in [0.717, 1.165) is 5.56 Å². The van der Waals surface area contributed by atoms with Gasteiger partial charge in [0.1, 0.15) is 30.9 Å². The lowest BCUT2D eigenvalue weighted by Gasteiger charge is -2.33. The third-order valence-electron chi connectivity index (χ3n) is 6.36. The molecule has 4 aromatic rings. The highest BCUT2D eigenvalue weighted by molar-refractivity contribution is 6.06. The molecular formula is C26H27N5O6. The van der Waals surface area contributed by atoms with Crippen LogP contribution in [0.5, 0.6) is 0 Å². The first kappa shape index (κ1) is 24.9. The smallest absolute Gasteiger partial charge is 0.256 e. The van der Waals surface area contributed by atoms with Crippen molar-refractivity contribution in [2.75, 3.05) is 18.7 Å². The number of aromatic nitrogens is 4. The topological polar surface area (TPSA) is 141 Å². The quantitative estimate of drug-likeness (QED) is 0.231. The minimum Gasteiger partial charge on any atom is -0.394 e. The number of nitrogens with zero attached hydrogens (tertiary/aromatic N) is 4. The lowest BCUT2D eigenvalue weighted by atomic mass is 9.96. The van der Waals surface area contributed by atoms with Gasteiger partial charge in [0.15, 0.2) is 23.2 Å². The van der Waals surface area contributed by atoms with Gasteiger partial charge in [-0.25, -0.2) is 15.0 Å². The Kier molecular flexibility index (Phi) is 7.22. The molecular weight excluding hydrogens is 478 g/mol. The van der Waals surface area contributed by atoms with Crippen molar-refractivity contribution in [2.45, 2.75) is 37.6 Å². The summed E-state index contributed by atoms with van der Waals surface area (Å²) in [7, 11) is 0. The van der Waals surface area contributed by atoms with Crippen molar-refractivity contribution in [1.29, 1.82) is 0 Å². The normalized spacial score (nSPS) is 23.4. The molecule has 11 nitrogen and oxygen atoms in total. The van der Waals surface area contributed by atoms with Crippen molar-refractivity contribution < 1.29 is 29.2 Å². The van der Waals surface area contributed by atoms with Crippen molar-refractivity contribution in [3.8, 4) is 0 Å². The first-order chi connectivity index (χ1) is 18.0. The van der Waals surface area contributed by atoms with Crippen LogP contribution in [0.4, 0.5) is 5.82 Å². The Morgan fingerprint density at radius 1 is 1.11 bits per heavy atom. The lowest BCUT2D eigenvalue weighted by Crippen LogP contribution is -2.47. The highest BCUT2D eigenvalue weighted by Gasteiger charge is 2.55. The van der Waals surface area contributed by atoms with Gasteiger partial charge in [0.05, 0.1) is 19.5 Å². The number of aliphatic hydroxyl groups is 2. The van der Waals surface area contributed by atoms with Crippen molar-refractivity contribution >= 4 is 22.9 Å². The molecule has 2 aromatic carbocycles. The number of imidazole rings is 1. The van der Waals surface area contributed by atoms with Gasteiger partial charge in [-0.1, -0.05) is 48.5 Å². The van der Waals surface area contributed by atoms with Gasteiger partial charge in [0.25, 0.3) is 5.91 Å². The van der Waals surface area contributed by atoms with E-state index < -0.39 is 30.6 Å². The van der Waals surface area contributed by atoms with Gasteiger partial charge >= 0.3 is 0 Å². The fourth-order valence-corrected chi connectivity index (χ4v) is 4.32. The summed E-state index contributed by atoms with van der Waals surface area (Å²) in [4.78, 5) is 25.6. The van der Waals surface area contributed by atoms with E-state index in [1.54, 1.807) is 35.8 Å². The maximum Gasteiger partial charge on any atom is 0.256 e. The zero-order valence-corrected chi connectivity index (χ0v) is 20.1. The Balaban J connectivity index is 1.38. The third kappa shape index (κ3) is 4.95. The van der Waals surface area contributed by atoms with Crippen molar-refractivity contribution in [3.63, 3.8) is 0 Å². The fourth-order valence-electron chi connectivity index (χ4n) is 4.32. The summed E-state index contributed by atoms with van der Waals surface area (Å²) in [5, 5.41) is 23.5. The van der Waals surface area contributed by atoms with Crippen LogP contribution in [0, 0.1) is 0 Å². The number of rotatable bonds is 9. The summed E-state index contributed by atoms with van der Waals surface area (Å²) in [5.41, 5.74) is 0.829. The fraction of sp³-hybridized carbons (Fsp3) is 0.308. The van der Waals surface area contributed by atoms with Crippen LogP contribution < -0.4 is 5.32 Å². The molecule has 4 atom stereocenters. The highest BCUT2D eigenvalue weighted by Crippen LogP contribution is 2.42. The van der Waals surface area contributed by atoms with Crippen LogP contribution in [-0.2, 0) is 20.8 Å². The van der Waals surface area contributed by atoms with E-state index in [1.165, 1.54) is 12.7 Å². The number of ether oxygens (including phenoxy) is 3. The van der Waals surface area contributed by atoms with Gasteiger partial charge in [-0.3, -0.25) is 9.36 Å². The number of nitrogens with one attached hydrogen (secondary N) is 1. The summed E-state index contributed by atoms with van der Waals surface area (Å²) in [6, 6.07) is 18.4. The van der Waals surface area contributed by atoms with Gasteiger partial charge in [0, 0.05) is 5.56 Å². The minimum absolute atomic E-state index is 0.125. The second kappa shape index (κ2) is 10.7. The van der Waals surface area contributed by atoms with Gasteiger partial charge in [-0.15, -0.1) is 0 Å². The van der Waals surface area contributed by atoms with Crippen LogP contribution in [-0.4, -0.2) is 66.8 Å². The van der Waals surface area contributed by atoms with Crippen molar-refractivity contribution in [2.24, 2.45) is 0 Å². The molecule has 1 aliphatic heterocycles. The van der Waals surface area contributed by atoms with Gasteiger partial charge in [0.2, 0.25) is 0 Å². The molecule has 1 unspecified atom stereocenters. The van der Waals surface area contributed by atoms with Crippen molar-refractivity contribution in [1.82, 2.24) is 19.5 Å². The Labute approximate surface area is 212 Å². The van der Waals surface area contributed by atoms with Crippen LogP contribution in [0.15, 0.2) is 73.3 Å². The molecule has 192 valence electrons. The second-order valence-electron chi connectivity index (χ2n) is 8.80. The molecule has 0 spiro atoms. The number of carbonyl (C=O) groups is 1. The zero-order chi connectivity index (χ0) is 25.8. The van der Waals surface area contributed by atoms with Crippen LogP contribution in [0.25, 0.3) is 11.2 Å². The molecule has 3 heterocycles. The monoisotopic (exact) mass is 505 g/mol. The zero-order valence-electron chi connectivity index (χ0n) is 20.1. The molecule has 0 bridgehead atoms. The highest BCUT2D eigenvalue weighted by atomic mass is 16.7. The summed E-state index contributed by atoms with van der Waals surface area (Å²) >= 11 is 0. The Morgan fingerprint density at radius 3 is 2.57 bits per heavy atom. The average molecular weight is 506 g/mol. The maximum atomic E-state index is 12.7. The maximum absolute atomic E-state index is 12.7. The van der Waals surface area contributed by atoms with E-state index in [-0.39, 0.29) is 18.5 Å².